The van der Waals surface area contributed by atoms with Crippen LogP contribution in [0.3, 0.4) is 0 Å². The van der Waals surface area contributed by atoms with Crippen LogP contribution in [0.25, 0.3) is 11.4 Å². The molecule has 0 saturated carbocycles. The van der Waals surface area contributed by atoms with Crippen molar-refractivity contribution in [3.8, 4) is 22.9 Å². The Bertz CT molecular complexity index is 1430. The number of carbonyl (C=O) groups is 2. The van der Waals surface area contributed by atoms with Crippen LogP contribution in [0.4, 0.5) is 17.6 Å². The highest BCUT2D eigenvalue weighted by atomic mass is 19.4. The van der Waals surface area contributed by atoms with Gasteiger partial charge in [0.25, 0.3) is 0 Å². The molecule has 1 unspecified atom stereocenters. The Labute approximate surface area is 293 Å². The Hall–Kier alpha value is -4.02. The lowest BCUT2D eigenvalue weighted by Crippen LogP contribution is -2.34. The predicted molar refractivity (Wildman–Crippen MR) is 185 cm³/mol. The van der Waals surface area contributed by atoms with Gasteiger partial charge in [-0.2, -0.15) is 13.2 Å². The van der Waals surface area contributed by atoms with Crippen LogP contribution in [0, 0.1) is 5.82 Å². The normalized spacial score (nSPS) is 12.0. The molecule has 0 fully saturated rings. The van der Waals surface area contributed by atoms with Crippen molar-refractivity contribution in [1.29, 1.82) is 0 Å². The molecule has 0 N–H and O–H groups in total. The lowest BCUT2D eigenvalue weighted by atomic mass is 10.1. The number of esters is 2. The number of carbonyl (C=O) groups excluding carboxylic acids is 2. The van der Waals surface area contributed by atoms with E-state index in [2.05, 4.69) is 16.9 Å². The molecule has 0 aliphatic heterocycles. The molecule has 3 rings (SSSR count). The van der Waals surface area contributed by atoms with Crippen molar-refractivity contribution in [1.82, 2.24) is 9.97 Å². The standard InChI is InChI=1S/C39H50F4N2O5/c1-3-5-7-9-11-12-13-15-17-25-48-32-27-44-36(45-28-32)29-19-21-30(22-20-29)37(46)49-34-24-23-31(26-33(34)40)38(47)50-35(39(41,42)43)18-16-14-10-8-6-4-2/h19-24,26-28,35H,3-18,25H2,1-2H3. The molecule has 0 amide bonds. The number of hydrogen-bond donors (Lipinski definition) is 0. The van der Waals surface area contributed by atoms with E-state index < -0.39 is 41.3 Å². The first-order chi connectivity index (χ1) is 24.1. The summed E-state index contributed by atoms with van der Waals surface area (Å²) in [5, 5.41) is 0. The van der Waals surface area contributed by atoms with Crippen molar-refractivity contribution in [2.24, 2.45) is 0 Å². The van der Waals surface area contributed by atoms with E-state index >= 15 is 0 Å². The Balaban J connectivity index is 1.46. The molecule has 1 atom stereocenters. The number of halogens is 4. The highest BCUT2D eigenvalue weighted by molar-refractivity contribution is 5.92. The summed E-state index contributed by atoms with van der Waals surface area (Å²) in [4.78, 5) is 33.9. The van der Waals surface area contributed by atoms with Crippen molar-refractivity contribution in [2.45, 2.75) is 129 Å². The Morgan fingerprint density at radius 2 is 1.24 bits per heavy atom. The number of nitrogens with zero attached hydrogens (tertiary/aromatic N) is 2. The molecule has 1 heterocycles. The van der Waals surface area contributed by atoms with E-state index in [-0.39, 0.29) is 18.4 Å². The largest absolute Gasteiger partial charge is 0.490 e. The summed E-state index contributed by atoms with van der Waals surface area (Å²) in [6.45, 7) is 4.87. The Kier molecular flexibility index (Phi) is 17.7. The number of unbranched alkanes of at least 4 members (excludes halogenated alkanes) is 13. The van der Waals surface area contributed by atoms with Gasteiger partial charge in [-0.3, -0.25) is 0 Å². The fourth-order valence-electron chi connectivity index (χ4n) is 5.36. The molecule has 11 heteroatoms. The van der Waals surface area contributed by atoms with Crippen LogP contribution in [0.15, 0.2) is 54.9 Å². The van der Waals surface area contributed by atoms with E-state index in [1.807, 2.05) is 6.92 Å². The second-order valence-corrected chi connectivity index (χ2v) is 12.5. The van der Waals surface area contributed by atoms with E-state index in [1.54, 1.807) is 24.5 Å². The summed E-state index contributed by atoms with van der Waals surface area (Å²) >= 11 is 0. The predicted octanol–water partition coefficient (Wildman–Crippen LogP) is 11.2. The number of rotatable bonds is 23. The summed E-state index contributed by atoms with van der Waals surface area (Å²) in [6, 6.07) is 8.92. The molecule has 50 heavy (non-hydrogen) atoms. The summed E-state index contributed by atoms with van der Waals surface area (Å²) in [7, 11) is 0. The van der Waals surface area contributed by atoms with Crippen molar-refractivity contribution in [2.75, 3.05) is 6.61 Å². The summed E-state index contributed by atoms with van der Waals surface area (Å²) in [6.07, 6.45) is 11.5. The lowest BCUT2D eigenvalue weighted by Gasteiger charge is -2.20. The fourth-order valence-corrected chi connectivity index (χ4v) is 5.36. The third-order valence-corrected chi connectivity index (χ3v) is 8.33. The van der Waals surface area contributed by atoms with Gasteiger partial charge in [-0.25, -0.2) is 23.9 Å². The van der Waals surface area contributed by atoms with Gasteiger partial charge in [0.1, 0.15) is 0 Å². The minimum absolute atomic E-state index is 0.111. The van der Waals surface area contributed by atoms with Crippen LogP contribution >= 0.6 is 0 Å². The SMILES string of the molecule is CCCCCCCCCCCOc1cnc(-c2ccc(C(=O)Oc3ccc(C(=O)OC(CCCCCCCC)C(F)(F)F)cc3F)cc2)nc1. The number of benzene rings is 2. The maximum Gasteiger partial charge on any atom is 0.425 e. The minimum Gasteiger partial charge on any atom is -0.490 e. The minimum atomic E-state index is -4.75. The number of ether oxygens (including phenoxy) is 3. The first-order valence-electron chi connectivity index (χ1n) is 18.0. The summed E-state index contributed by atoms with van der Waals surface area (Å²) < 4.78 is 70.9. The van der Waals surface area contributed by atoms with Gasteiger partial charge in [0.2, 0.25) is 0 Å². The molecule has 0 saturated heterocycles. The van der Waals surface area contributed by atoms with Gasteiger partial charge in [-0.15, -0.1) is 0 Å². The van der Waals surface area contributed by atoms with Gasteiger partial charge < -0.3 is 14.2 Å². The average molecular weight is 703 g/mol. The maximum atomic E-state index is 14.8. The van der Waals surface area contributed by atoms with Crippen LogP contribution in [-0.2, 0) is 4.74 Å². The first kappa shape index (κ1) is 40.4. The molecular formula is C39H50F4N2O5. The monoisotopic (exact) mass is 702 g/mol. The van der Waals surface area contributed by atoms with Gasteiger partial charge >= 0.3 is 18.1 Å². The zero-order valence-electron chi connectivity index (χ0n) is 29.2. The summed E-state index contributed by atoms with van der Waals surface area (Å²) in [5.41, 5.74) is 0.318. The van der Waals surface area contributed by atoms with Gasteiger partial charge in [0.05, 0.1) is 30.1 Å². The van der Waals surface area contributed by atoms with Crippen molar-refractivity contribution < 1.29 is 41.4 Å². The highest BCUT2D eigenvalue weighted by Gasteiger charge is 2.42. The van der Waals surface area contributed by atoms with Crippen LogP contribution in [0.2, 0.25) is 0 Å². The van der Waals surface area contributed by atoms with Gasteiger partial charge in [-0.05, 0) is 49.6 Å². The lowest BCUT2D eigenvalue weighted by molar-refractivity contribution is -0.206. The third-order valence-electron chi connectivity index (χ3n) is 8.33. The van der Waals surface area contributed by atoms with Crippen molar-refractivity contribution in [3.05, 3.63) is 71.8 Å². The zero-order chi connectivity index (χ0) is 36.2. The molecule has 0 bridgehead atoms. The third kappa shape index (κ3) is 14.5. The first-order valence-corrected chi connectivity index (χ1v) is 18.0. The maximum absolute atomic E-state index is 14.8. The van der Waals surface area contributed by atoms with Crippen LogP contribution in [0.5, 0.6) is 11.5 Å². The molecule has 7 nitrogen and oxygen atoms in total. The molecule has 3 aromatic rings. The van der Waals surface area contributed by atoms with E-state index in [0.29, 0.717) is 36.2 Å². The fraction of sp³-hybridized carbons (Fsp3) is 0.538. The molecule has 0 aliphatic carbocycles. The number of hydrogen-bond acceptors (Lipinski definition) is 7. The molecule has 0 spiro atoms. The summed E-state index contributed by atoms with van der Waals surface area (Å²) in [5.74, 6) is -2.78. The average Bonchev–Trinajstić information content (AvgIpc) is 3.10. The molecule has 1 aromatic heterocycles. The quantitative estimate of drug-likeness (QED) is 0.0421. The second-order valence-electron chi connectivity index (χ2n) is 12.5. The molecule has 0 aliphatic rings. The number of alkyl halides is 3. The van der Waals surface area contributed by atoms with E-state index in [9.17, 15) is 27.2 Å². The zero-order valence-corrected chi connectivity index (χ0v) is 29.2. The van der Waals surface area contributed by atoms with Gasteiger partial charge in [0.15, 0.2) is 29.2 Å². The van der Waals surface area contributed by atoms with Crippen LogP contribution in [0.1, 0.15) is 137 Å². The van der Waals surface area contributed by atoms with Gasteiger partial charge in [-0.1, -0.05) is 109 Å². The van der Waals surface area contributed by atoms with Crippen molar-refractivity contribution >= 4 is 11.9 Å². The van der Waals surface area contributed by atoms with Gasteiger partial charge in [0, 0.05) is 5.56 Å². The smallest absolute Gasteiger partial charge is 0.425 e. The van der Waals surface area contributed by atoms with Crippen LogP contribution in [-0.4, -0.2) is 40.8 Å². The molecular weight excluding hydrogens is 652 g/mol. The van der Waals surface area contributed by atoms with E-state index in [4.69, 9.17) is 14.2 Å². The molecule has 0 radical (unpaired) electrons. The van der Waals surface area contributed by atoms with Crippen molar-refractivity contribution in [3.63, 3.8) is 0 Å². The van der Waals surface area contributed by atoms with Crippen LogP contribution < -0.4 is 9.47 Å². The Morgan fingerprint density at radius 3 is 1.80 bits per heavy atom. The van der Waals surface area contributed by atoms with E-state index in [0.717, 1.165) is 50.7 Å². The second kappa shape index (κ2) is 21.9. The van der Waals surface area contributed by atoms with E-state index in [1.165, 1.54) is 57.1 Å². The molecule has 274 valence electrons. The topological polar surface area (TPSA) is 87.6 Å². The highest BCUT2D eigenvalue weighted by Crippen LogP contribution is 2.29. The number of aromatic nitrogens is 2. The Morgan fingerprint density at radius 1 is 0.700 bits per heavy atom. The molecule has 2 aromatic carbocycles.